The van der Waals surface area contributed by atoms with Gasteiger partial charge < -0.3 is 18.9 Å². The van der Waals surface area contributed by atoms with Gasteiger partial charge in [-0.15, -0.1) is 0 Å². The topological polar surface area (TPSA) is 91.3 Å². The van der Waals surface area contributed by atoms with Crippen molar-refractivity contribution in [2.24, 2.45) is 0 Å². The van der Waals surface area contributed by atoms with E-state index in [1.807, 2.05) is 27.2 Å². The van der Waals surface area contributed by atoms with E-state index in [0.29, 0.717) is 17.4 Å². The molecule has 0 aromatic rings. The van der Waals surface area contributed by atoms with E-state index in [1.54, 1.807) is 6.26 Å². The molecule has 0 aromatic heterocycles. The lowest BCUT2D eigenvalue weighted by Crippen LogP contribution is -2.37. The van der Waals surface area contributed by atoms with Gasteiger partial charge >= 0.3 is 13.8 Å². The fourth-order valence-corrected chi connectivity index (χ4v) is 7.56. The third kappa shape index (κ3) is 47.5. The van der Waals surface area contributed by atoms with Crippen LogP contribution in [0.1, 0.15) is 226 Å². The third-order valence-electron chi connectivity index (χ3n) is 10.8. The van der Waals surface area contributed by atoms with E-state index in [1.165, 1.54) is 173 Å². The maximum atomic E-state index is 12.5. The van der Waals surface area contributed by atoms with E-state index in [0.717, 1.165) is 32.1 Å². The number of phosphoric acid groups is 1. The zero-order chi connectivity index (χ0) is 43.4. The molecular formula is C50H97NO7P+. The summed E-state index contributed by atoms with van der Waals surface area (Å²) in [7, 11) is 1.67. The Morgan fingerprint density at radius 1 is 0.525 bits per heavy atom. The predicted octanol–water partition coefficient (Wildman–Crippen LogP) is 15.3. The molecule has 0 saturated carbocycles. The van der Waals surface area contributed by atoms with E-state index >= 15 is 0 Å². The molecule has 0 aromatic carbocycles. The molecule has 0 aliphatic rings. The molecule has 2 atom stereocenters. The molecular weight excluding hydrogens is 758 g/mol. The first kappa shape index (κ1) is 57.6. The summed E-state index contributed by atoms with van der Waals surface area (Å²) in [5.74, 6) is -0.277. The zero-order valence-corrected chi connectivity index (χ0v) is 40.4. The maximum Gasteiger partial charge on any atom is 0.472 e. The molecule has 0 amide bonds. The minimum Gasteiger partial charge on any atom is -0.492 e. The summed E-state index contributed by atoms with van der Waals surface area (Å²) < 4.78 is 34.9. The van der Waals surface area contributed by atoms with Gasteiger partial charge in [-0.05, 0) is 76.7 Å². The second kappa shape index (κ2) is 43.2. The van der Waals surface area contributed by atoms with Crippen LogP contribution in [0.4, 0.5) is 0 Å². The SMILES string of the molecule is CCCCCC/C=C\CCCCCCCC/C=C\OC(COC(=O)CCCCCCCCCCCCC/C=C\CCCCCCCC)COP(=O)(O)OCC[N+](C)(C)C. The number of nitrogens with zero attached hydrogens (tertiary/aromatic N) is 1. The molecule has 0 bridgehead atoms. The zero-order valence-electron chi connectivity index (χ0n) is 39.5. The molecule has 0 radical (unpaired) electrons. The van der Waals surface area contributed by atoms with Gasteiger partial charge in [0.15, 0.2) is 6.10 Å². The van der Waals surface area contributed by atoms with Crippen molar-refractivity contribution in [3.05, 3.63) is 36.6 Å². The number of rotatable bonds is 46. The quantitative estimate of drug-likeness (QED) is 0.0163. The van der Waals surface area contributed by atoms with Crippen molar-refractivity contribution in [3.8, 4) is 0 Å². The van der Waals surface area contributed by atoms with E-state index in [9.17, 15) is 14.3 Å². The highest BCUT2D eigenvalue weighted by atomic mass is 31.2. The molecule has 0 spiro atoms. The summed E-state index contributed by atoms with van der Waals surface area (Å²) in [5.41, 5.74) is 0. The van der Waals surface area contributed by atoms with Gasteiger partial charge in [0.25, 0.3) is 0 Å². The number of carbonyl (C=O) groups is 1. The standard InChI is InChI=1S/C50H96NO7P/c1-6-8-10-12-14-16-18-20-22-24-25-26-27-28-29-31-33-35-37-39-41-43-50(52)56-47-49(48-58-59(53,54)57-46-44-51(3,4)5)55-45-42-40-38-36-34-32-30-23-21-19-17-15-13-11-9-7-2/h17,19-20,22,42,45,49H,6-16,18,21,23-41,43-44,46-48H2,1-5H3/p+1/b19-17-,22-20-,45-42-. The fraction of sp³-hybridized carbons (Fsp3) is 0.860. The average Bonchev–Trinajstić information content (AvgIpc) is 3.19. The van der Waals surface area contributed by atoms with E-state index in [-0.39, 0.29) is 25.8 Å². The van der Waals surface area contributed by atoms with Crippen LogP contribution in [0.25, 0.3) is 0 Å². The van der Waals surface area contributed by atoms with Crippen molar-refractivity contribution in [1.29, 1.82) is 0 Å². The fourth-order valence-electron chi connectivity index (χ4n) is 6.82. The van der Waals surface area contributed by atoms with Gasteiger partial charge in [-0.2, -0.15) is 0 Å². The highest BCUT2D eigenvalue weighted by molar-refractivity contribution is 7.47. The van der Waals surface area contributed by atoms with Crippen molar-refractivity contribution in [3.63, 3.8) is 0 Å². The second-order valence-electron chi connectivity index (χ2n) is 17.9. The van der Waals surface area contributed by atoms with Gasteiger partial charge in [-0.3, -0.25) is 13.8 Å². The van der Waals surface area contributed by atoms with Crippen LogP contribution < -0.4 is 0 Å². The number of ether oxygens (including phenoxy) is 2. The van der Waals surface area contributed by atoms with Crippen molar-refractivity contribution in [2.75, 3.05) is 47.5 Å². The lowest BCUT2D eigenvalue weighted by molar-refractivity contribution is -0.870. The van der Waals surface area contributed by atoms with Crippen LogP contribution in [-0.2, 0) is 27.9 Å². The number of esters is 1. The highest BCUT2D eigenvalue weighted by Crippen LogP contribution is 2.43. The Labute approximate surface area is 365 Å². The molecule has 0 heterocycles. The van der Waals surface area contributed by atoms with Crippen LogP contribution in [0, 0.1) is 0 Å². The number of hydrogen-bond acceptors (Lipinski definition) is 6. The summed E-state index contributed by atoms with van der Waals surface area (Å²) in [6, 6.07) is 0. The number of hydrogen-bond donors (Lipinski definition) is 1. The Morgan fingerprint density at radius 2 is 0.898 bits per heavy atom. The van der Waals surface area contributed by atoms with Crippen molar-refractivity contribution >= 4 is 13.8 Å². The van der Waals surface area contributed by atoms with E-state index in [2.05, 4.69) is 38.2 Å². The molecule has 0 saturated heterocycles. The monoisotopic (exact) mass is 855 g/mol. The number of likely N-dealkylation sites (N-methyl/N-ethyl adjacent to an activating group) is 1. The average molecular weight is 855 g/mol. The Balaban J connectivity index is 4.17. The van der Waals surface area contributed by atoms with Crippen LogP contribution >= 0.6 is 7.82 Å². The van der Waals surface area contributed by atoms with Crippen LogP contribution in [0.3, 0.4) is 0 Å². The third-order valence-corrected chi connectivity index (χ3v) is 11.7. The normalized spacial score (nSPS) is 13.9. The molecule has 0 fully saturated rings. The van der Waals surface area contributed by atoms with Gasteiger partial charge in [-0.25, -0.2) is 4.57 Å². The van der Waals surface area contributed by atoms with Crippen LogP contribution in [0.5, 0.6) is 0 Å². The molecule has 1 N–H and O–H groups in total. The van der Waals surface area contributed by atoms with Crippen molar-refractivity contribution < 1.29 is 37.3 Å². The first-order valence-corrected chi connectivity index (χ1v) is 26.3. The van der Waals surface area contributed by atoms with Crippen LogP contribution in [0.15, 0.2) is 36.6 Å². The largest absolute Gasteiger partial charge is 0.492 e. The molecule has 0 aliphatic carbocycles. The minimum absolute atomic E-state index is 0.0495. The van der Waals surface area contributed by atoms with Crippen molar-refractivity contribution in [1.82, 2.24) is 0 Å². The van der Waals surface area contributed by atoms with Crippen LogP contribution in [0.2, 0.25) is 0 Å². The predicted molar refractivity (Wildman–Crippen MR) is 252 cm³/mol. The molecule has 0 aliphatic heterocycles. The van der Waals surface area contributed by atoms with Gasteiger partial charge in [-0.1, -0.05) is 173 Å². The number of phosphoric ester groups is 1. The number of quaternary nitrogens is 1. The molecule has 2 unspecified atom stereocenters. The Bertz CT molecular complexity index is 1040. The first-order valence-electron chi connectivity index (χ1n) is 24.8. The van der Waals surface area contributed by atoms with Gasteiger partial charge in [0.2, 0.25) is 0 Å². The summed E-state index contributed by atoms with van der Waals surface area (Å²) in [6.07, 6.45) is 52.9. The molecule has 9 heteroatoms. The van der Waals surface area contributed by atoms with E-state index in [4.69, 9.17) is 18.5 Å². The maximum absolute atomic E-state index is 12.5. The molecule has 8 nitrogen and oxygen atoms in total. The number of carbonyl (C=O) groups excluding carboxylic acids is 1. The number of unbranched alkanes of at least 4 members (excludes halogenated alkanes) is 28. The summed E-state index contributed by atoms with van der Waals surface area (Å²) >= 11 is 0. The number of allylic oxidation sites excluding steroid dienone is 5. The molecule has 59 heavy (non-hydrogen) atoms. The highest BCUT2D eigenvalue weighted by Gasteiger charge is 2.25. The Morgan fingerprint density at radius 3 is 1.32 bits per heavy atom. The Kier molecular flexibility index (Phi) is 42.2. The lowest BCUT2D eigenvalue weighted by Gasteiger charge is -2.24. The summed E-state index contributed by atoms with van der Waals surface area (Å²) in [6.45, 7) is 4.91. The smallest absolute Gasteiger partial charge is 0.472 e. The first-order chi connectivity index (χ1) is 28.6. The van der Waals surface area contributed by atoms with E-state index < -0.39 is 13.9 Å². The lowest BCUT2D eigenvalue weighted by atomic mass is 10.0. The minimum atomic E-state index is -4.27. The van der Waals surface area contributed by atoms with Crippen molar-refractivity contribution in [2.45, 2.75) is 232 Å². The molecule has 0 rings (SSSR count). The molecule has 348 valence electrons. The summed E-state index contributed by atoms with van der Waals surface area (Å²) in [5, 5.41) is 0. The van der Waals surface area contributed by atoms with Gasteiger partial charge in [0.05, 0.1) is 34.0 Å². The van der Waals surface area contributed by atoms with Gasteiger partial charge in [0, 0.05) is 6.42 Å². The summed E-state index contributed by atoms with van der Waals surface area (Å²) in [4.78, 5) is 22.8. The van der Waals surface area contributed by atoms with Crippen LogP contribution in [-0.4, -0.2) is 69.0 Å². The van der Waals surface area contributed by atoms with Gasteiger partial charge in [0.1, 0.15) is 19.8 Å². The Hall–Kier alpha value is -1.44. The second-order valence-corrected chi connectivity index (χ2v) is 19.4.